The van der Waals surface area contributed by atoms with Gasteiger partial charge in [0.2, 0.25) is 5.91 Å². The number of fused-ring (bicyclic) bond motifs is 1. The topological polar surface area (TPSA) is 96.4 Å². The van der Waals surface area contributed by atoms with Gasteiger partial charge in [0.05, 0.1) is 31.2 Å². The Balaban J connectivity index is 1.81. The van der Waals surface area contributed by atoms with Gasteiger partial charge in [-0.1, -0.05) is 34.1 Å². The third-order valence-corrected chi connectivity index (χ3v) is 8.00. The van der Waals surface area contributed by atoms with Crippen molar-refractivity contribution >= 4 is 39.4 Å². The molecule has 1 N–H and O–H groups in total. The van der Waals surface area contributed by atoms with Gasteiger partial charge in [-0.05, 0) is 44.4 Å². The maximum Gasteiger partial charge on any atom is 0.312 e. The number of halogens is 1. The Morgan fingerprint density at radius 3 is 2.79 bits per heavy atom. The number of likely N-dealkylation sites (tertiary alicyclic amines) is 1. The van der Waals surface area contributed by atoms with Gasteiger partial charge in [-0.3, -0.25) is 14.4 Å². The minimum Gasteiger partial charge on any atom is -0.466 e. The largest absolute Gasteiger partial charge is 0.466 e. The number of rotatable bonds is 8. The Morgan fingerprint density at radius 1 is 1.41 bits per heavy atom. The van der Waals surface area contributed by atoms with E-state index in [9.17, 15) is 19.5 Å². The molecule has 6 atom stereocenters. The highest BCUT2D eigenvalue weighted by Gasteiger charge is 2.77. The minimum absolute atomic E-state index is 0.0290. The van der Waals surface area contributed by atoms with Gasteiger partial charge in [-0.25, -0.2) is 0 Å². The van der Waals surface area contributed by atoms with Crippen LogP contribution in [0.2, 0.25) is 0 Å². The summed E-state index contributed by atoms with van der Waals surface area (Å²) in [4.78, 5) is 43.6. The molecule has 34 heavy (non-hydrogen) atoms. The van der Waals surface area contributed by atoms with Crippen LogP contribution < -0.4 is 4.90 Å². The molecule has 3 aliphatic rings. The Hall–Kier alpha value is -2.23. The molecule has 4 rings (SSSR count). The zero-order valence-corrected chi connectivity index (χ0v) is 21.3. The predicted octanol–water partition coefficient (Wildman–Crippen LogP) is 2.13. The van der Waals surface area contributed by atoms with Crippen molar-refractivity contribution in [2.75, 3.05) is 31.2 Å². The average Bonchev–Trinajstić information content (AvgIpc) is 3.38. The van der Waals surface area contributed by atoms with E-state index in [1.165, 1.54) is 4.90 Å². The van der Waals surface area contributed by atoms with E-state index in [0.717, 1.165) is 16.8 Å². The fourth-order valence-corrected chi connectivity index (χ4v) is 6.80. The van der Waals surface area contributed by atoms with Crippen molar-refractivity contribution in [1.29, 1.82) is 0 Å². The number of amides is 2. The van der Waals surface area contributed by atoms with Crippen LogP contribution in [-0.4, -0.2) is 76.7 Å². The van der Waals surface area contributed by atoms with E-state index in [2.05, 4.69) is 22.5 Å². The van der Waals surface area contributed by atoms with Crippen LogP contribution in [0.25, 0.3) is 0 Å². The van der Waals surface area contributed by atoms with Gasteiger partial charge in [0.1, 0.15) is 11.6 Å². The smallest absolute Gasteiger partial charge is 0.312 e. The predicted molar refractivity (Wildman–Crippen MR) is 130 cm³/mol. The van der Waals surface area contributed by atoms with Gasteiger partial charge < -0.3 is 24.4 Å². The summed E-state index contributed by atoms with van der Waals surface area (Å²) in [5.74, 6) is -2.81. The number of aryl methyl sites for hydroxylation is 2. The average molecular weight is 535 g/mol. The molecule has 0 saturated carbocycles. The lowest BCUT2D eigenvalue weighted by molar-refractivity contribution is -0.154. The summed E-state index contributed by atoms with van der Waals surface area (Å²) in [6, 6.07) is 4.87. The molecule has 3 heterocycles. The van der Waals surface area contributed by atoms with Crippen molar-refractivity contribution in [2.24, 2.45) is 11.8 Å². The Labute approximate surface area is 208 Å². The number of anilines is 1. The van der Waals surface area contributed by atoms with Crippen molar-refractivity contribution in [3.05, 3.63) is 42.0 Å². The van der Waals surface area contributed by atoms with Gasteiger partial charge in [-0.2, -0.15) is 0 Å². The fourth-order valence-electron chi connectivity index (χ4n) is 5.86. The molecule has 184 valence electrons. The van der Waals surface area contributed by atoms with E-state index < -0.39 is 35.6 Å². The molecule has 0 radical (unpaired) electrons. The number of β-amino-alcohol motifs (C(OH)–C–C–N with tert-alkyl or cyclic N) is 1. The molecule has 1 aromatic rings. The first-order chi connectivity index (χ1) is 16.2. The number of aliphatic hydroxyl groups is 1. The van der Waals surface area contributed by atoms with Crippen LogP contribution in [0, 0.1) is 25.7 Å². The zero-order chi connectivity index (χ0) is 24.8. The molecule has 3 saturated heterocycles. The first kappa shape index (κ1) is 24.9. The molecule has 1 aromatic carbocycles. The summed E-state index contributed by atoms with van der Waals surface area (Å²) in [5, 5.41) is 9.75. The molecule has 3 aliphatic heterocycles. The van der Waals surface area contributed by atoms with E-state index in [1.54, 1.807) is 17.9 Å². The van der Waals surface area contributed by atoms with Gasteiger partial charge in [-0.15, -0.1) is 6.58 Å². The summed E-state index contributed by atoms with van der Waals surface area (Å²) >= 11 is 3.62. The molecule has 2 bridgehead atoms. The molecule has 1 spiro atoms. The second-order valence-corrected chi connectivity index (χ2v) is 10.4. The standard InChI is InChI=1S/C25H31BrN2O6/c1-5-9-27(17-12-14(3)7-8-15(17)4)23(31)21-25-13-16(26)20(34-25)18(24(32)33-6-2)19(25)22(30)28(21)10-11-29/h5,7-8,12,16,18-21,29H,1,6,9-11,13H2,2-4H3/t16?,18-,19+,20-,21-,25+/m1/s1. The van der Waals surface area contributed by atoms with E-state index in [1.807, 2.05) is 32.0 Å². The number of hydrogen-bond acceptors (Lipinski definition) is 6. The van der Waals surface area contributed by atoms with E-state index in [-0.39, 0.29) is 42.9 Å². The Kier molecular flexibility index (Phi) is 6.90. The molecule has 9 heteroatoms. The number of alkyl halides is 1. The van der Waals surface area contributed by atoms with Crippen molar-refractivity contribution in [3.63, 3.8) is 0 Å². The third kappa shape index (κ3) is 3.69. The van der Waals surface area contributed by atoms with Crippen LogP contribution in [-0.2, 0) is 23.9 Å². The van der Waals surface area contributed by atoms with Crippen molar-refractivity contribution < 1.29 is 29.0 Å². The van der Waals surface area contributed by atoms with Crippen LogP contribution in [0.1, 0.15) is 24.5 Å². The van der Waals surface area contributed by atoms with Crippen LogP contribution in [0.3, 0.4) is 0 Å². The van der Waals surface area contributed by atoms with Crippen LogP contribution in [0.4, 0.5) is 5.69 Å². The summed E-state index contributed by atoms with van der Waals surface area (Å²) in [7, 11) is 0. The lowest BCUT2D eigenvalue weighted by Crippen LogP contribution is -2.57. The quantitative estimate of drug-likeness (QED) is 0.311. The van der Waals surface area contributed by atoms with Gasteiger partial charge in [0.15, 0.2) is 0 Å². The number of benzene rings is 1. The maximum atomic E-state index is 14.3. The highest BCUT2D eigenvalue weighted by molar-refractivity contribution is 9.09. The number of hydrogen-bond donors (Lipinski definition) is 1. The molecule has 2 amide bonds. The SMILES string of the molecule is C=CCN(C(=O)[C@H]1N(CCO)C(=O)[C@@H]2[C@@H](C(=O)OCC)[C@@H]3O[C@@]21CC3Br)c1cc(C)ccc1C. The third-order valence-electron chi connectivity index (χ3n) is 7.16. The van der Waals surface area contributed by atoms with Gasteiger partial charge in [0, 0.05) is 23.6 Å². The summed E-state index contributed by atoms with van der Waals surface area (Å²) in [6.07, 6.45) is 1.48. The minimum atomic E-state index is -1.18. The lowest BCUT2D eigenvalue weighted by Gasteiger charge is -2.37. The van der Waals surface area contributed by atoms with Crippen LogP contribution in [0.15, 0.2) is 30.9 Å². The molecule has 1 unspecified atom stereocenters. The van der Waals surface area contributed by atoms with Crippen LogP contribution in [0.5, 0.6) is 0 Å². The number of esters is 1. The fraction of sp³-hybridized carbons (Fsp3) is 0.560. The van der Waals surface area contributed by atoms with E-state index in [0.29, 0.717) is 6.42 Å². The van der Waals surface area contributed by atoms with Gasteiger partial charge >= 0.3 is 5.97 Å². The lowest BCUT2D eigenvalue weighted by atomic mass is 9.70. The molecule has 3 fully saturated rings. The Bertz CT molecular complexity index is 1020. The number of carbonyl (C=O) groups excluding carboxylic acids is 3. The number of ether oxygens (including phenoxy) is 2. The van der Waals surface area contributed by atoms with Crippen molar-refractivity contribution in [3.8, 4) is 0 Å². The van der Waals surface area contributed by atoms with Crippen molar-refractivity contribution in [2.45, 2.75) is 49.8 Å². The number of aliphatic hydroxyl groups excluding tert-OH is 1. The second-order valence-electron chi connectivity index (χ2n) is 9.20. The summed E-state index contributed by atoms with van der Waals surface area (Å²) in [6.45, 7) is 9.50. The zero-order valence-electron chi connectivity index (χ0n) is 19.7. The normalized spacial score (nSPS) is 31.5. The van der Waals surface area contributed by atoms with Crippen molar-refractivity contribution in [1.82, 2.24) is 4.90 Å². The number of nitrogens with zero attached hydrogens (tertiary/aromatic N) is 2. The van der Waals surface area contributed by atoms with Gasteiger partial charge in [0.25, 0.3) is 5.91 Å². The Morgan fingerprint density at radius 2 is 2.15 bits per heavy atom. The van der Waals surface area contributed by atoms with Crippen LogP contribution >= 0.6 is 15.9 Å². The van der Waals surface area contributed by atoms with E-state index in [4.69, 9.17) is 9.47 Å². The highest BCUT2D eigenvalue weighted by atomic mass is 79.9. The van der Waals surface area contributed by atoms with E-state index >= 15 is 0 Å². The monoisotopic (exact) mass is 534 g/mol. The molecule has 8 nitrogen and oxygen atoms in total. The first-order valence-corrected chi connectivity index (χ1v) is 12.5. The second kappa shape index (κ2) is 9.43. The molecular formula is C25H31BrN2O6. The summed E-state index contributed by atoms with van der Waals surface area (Å²) in [5.41, 5.74) is 1.45. The summed E-state index contributed by atoms with van der Waals surface area (Å²) < 4.78 is 11.7. The molecule has 0 aromatic heterocycles. The number of carbonyl (C=O) groups is 3. The molecule has 0 aliphatic carbocycles. The molecular weight excluding hydrogens is 504 g/mol. The first-order valence-electron chi connectivity index (χ1n) is 11.6. The maximum absolute atomic E-state index is 14.3. The highest BCUT2D eigenvalue weighted by Crippen LogP contribution is 2.60.